The summed E-state index contributed by atoms with van der Waals surface area (Å²) >= 11 is 0. The van der Waals surface area contributed by atoms with Crippen molar-refractivity contribution in [1.29, 1.82) is 0 Å². The summed E-state index contributed by atoms with van der Waals surface area (Å²) in [6.45, 7) is 0. The lowest BCUT2D eigenvalue weighted by atomic mass is 9.93. The first-order valence-corrected chi connectivity index (χ1v) is 8.67. The third-order valence-electron chi connectivity index (χ3n) is 4.41. The molecular weight excluding hydrogens is 328 g/mol. The van der Waals surface area contributed by atoms with Gasteiger partial charge in [0.1, 0.15) is 5.75 Å². The van der Waals surface area contributed by atoms with Crippen LogP contribution >= 0.6 is 0 Å². The lowest BCUT2D eigenvalue weighted by Gasteiger charge is -2.17. The molecule has 26 heavy (non-hydrogen) atoms. The molecule has 1 aliphatic rings. The molecule has 2 amide bonds. The van der Waals surface area contributed by atoms with Crippen LogP contribution in [0.4, 0.5) is 11.4 Å². The van der Waals surface area contributed by atoms with Gasteiger partial charge in [-0.1, -0.05) is 24.3 Å². The second-order valence-corrected chi connectivity index (χ2v) is 6.20. The number of anilines is 2. The fourth-order valence-corrected chi connectivity index (χ4v) is 2.92. The SMILES string of the molecule is COc1ccccc1NC(=O)c1ccc(NC(=O)C2CC=CCC2)cc1. The Morgan fingerprint density at radius 1 is 1.00 bits per heavy atom. The van der Waals surface area contributed by atoms with Crippen LogP contribution in [0.5, 0.6) is 5.75 Å². The number of para-hydroxylation sites is 2. The average Bonchev–Trinajstić information content (AvgIpc) is 2.69. The summed E-state index contributed by atoms with van der Waals surface area (Å²) in [6, 6.07) is 14.1. The number of allylic oxidation sites excluding steroid dienone is 2. The topological polar surface area (TPSA) is 67.4 Å². The van der Waals surface area contributed by atoms with Crippen molar-refractivity contribution >= 4 is 23.2 Å². The van der Waals surface area contributed by atoms with Crippen molar-refractivity contribution in [2.45, 2.75) is 19.3 Å². The highest BCUT2D eigenvalue weighted by atomic mass is 16.5. The number of ether oxygens (including phenoxy) is 1. The number of nitrogens with one attached hydrogen (secondary N) is 2. The summed E-state index contributed by atoms with van der Waals surface area (Å²) in [5, 5.41) is 5.75. The highest BCUT2D eigenvalue weighted by Gasteiger charge is 2.18. The van der Waals surface area contributed by atoms with Crippen LogP contribution in [0.3, 0.4) is 0 Å². The highest BCUT2D eigenvalue weighted by Crippen LogP contribution is 2.24. The van der Waals surface area contributed by atoms with E-state index in [2.05, 4.69) is 22.8 Å². The molecule has 0 bridgehead atoms. The van der Waals surface area contributed by atoms with Crippen LogP contribution in [0, 0.1) is 5.92 Å². The van der Waals surface area contributed by atoms with E-state index in [1.165, 1.54) is 0 Å². The van der Waals surface area contributed by atoms with Gasteiger partial charge in [-0.05, 0) is 55.7 Å². The number of carbonyl (C=O) groups is 2. The minimum atomic E-state index is -0.232. The van der Waals surface area contributed by atoms with E-state index in [0.29, 0.717) is 22.7 Å². The maximum Gasteiger partial charge on any atom is 0.255 e. The fraction of sp³-hybridized carbons (Fsp3) is 0.238. The molecule has 5 heteroatoms. The van der Waals surface area contributed by atoms with Crippen molar-refractivity contribution in [1.82, 2.24) is 0 Å². The first kappa shape index (κ1) is 17.7. The maximum absolute atomic E-state index is 12.4. The normalized spacial score (nSPS) is 16.0. The van der Waals surface area contributed by atoms with E-state index < -0.39 is 0 Å². The Hall–Kier alpha value is -3.08. The number of hydrogen-bond acceptors (Lipinski definition) is 3. The third kappa shape index (κ3) is 4.30. The molecule has 2 N–H and O–H groups in total. The number of amides is 2. The summed E-state index contributed by atoms with van der Waals surface area (Å²) in [7, 11) is 1.56. The molecule has 1 atom stereocenters. The van der Waals surface area contributed by atoms with Crippen LogP contribution in [0.1, 0.15) is 29.6 Å². The van der Waals surface area contributed by atoms with E-state index in [0.717, 1.165) is 19.3 Å². The van der Waals surface area contributed by atoms with E-state index in [9.17, 15) is 9.59 Å². The van der Waals surface area contributed by atoms with Crippen LogP contribution in [-0.2, 0) is 4.79 Å². The maximum atomic E-state index is 12.4. The van der Waals surface area contributed by atoms with Crippen LogP contribution in [0.2, 0.25) is 0 Å². The molecular formula is C21H22N2O3. The van der Waals surface area contributed by atoms with E-state index in [1.54, 1.807) is 43.5 Å². The molecule has 0 spiro atoms. The minimum absolute atomic E-state index is 0.0218. The van der Waals surface area contributed by atoms with Gasteiger partial charge < -0.3 is 15.4 Å². The Kier molecular flexibility index (Phi) is 5.69. The average molecular weight is 350 g/mol. The molecule has 5 nitrogen and oxygen atoms in total. The Morgan fingerprint density at radius 3 is 2.46 bits per heavy atom. The van der Waals surface area contributed by atoms with E-state index in [4.69, 9.17) is 4.74 Å². The summed E-state index contributed by atoms with van der Waals surface area (Å²) in [6.07, 6.45) is 6.77. The number of carbonyl (C=O) groups excluding carboxylic acids is 2. The monoisotopic (exact) mass is 350 g/mol. The predicted molar refractivity (Wildman–Crippen MR) is 102 cm³/mol. The van der Waals surface area contributed by atoms with Gasteiger partial charge >= 0.3 is 0 Å². The Labute approximate surface area is 153 Å². The molecule has 0 saturated heterocycles. The zero-order valence-electron chi connectivity index (χ0n) is 14.7. The van der Waals surface area contributed by atoms with Gasteiger partial charge in [-0.2, -0.15) is 0 Å². The summed E-state index contributed by atoms with van der Waals surface area (Å²) in [4.78, 5) is 24.7. The van der Waals surface area contributed by atoms with Crippen LogP contribution < -0.4 is 15.4 Å². The van der Waals surface area contributed by atoms with Gasteiger partial charge in [0.25, 0.3) is 5.91 Å². The molecule has 0 aromatic heterocycles. The summed E-state index contributed by atoms with van der Waals surface area (Å²) in [5.74, 6) is 0.421. The highest BCUT2D eigenvalue weighted by molar-refractivity contribution is 6.05. The van der Waals surface area contributed by atoms with Gasteiger partial charge in [0.15, 0.2) is 0 Å². The lowest BCUT2D eigenvalue weighted by molar-refractivity contribution is -0.120. The predicted octanol–water partition coefficient (Wildman–Crippen LogP) is 4.24. The van der Waals surface area contributed by atoms with Crippen molar-refractivity contribution in [3.63, 3.8) is 0 Å². The first-order chi connectivity index (χ1) is 12.7. The van der Waals surface area contributed by atoms with Gasteiger partial charge in [-0.25, -0.2) is 0 Å². The zero-order chi connectivity index (χ0) is 18.4. The molecule has 1 unspecified atom stereocenters. The Bertz CT molecular complexity index is 812. The smallest absolute Gasteiger partial charge is 0.255 e. The quantitative estimate of drug-likeness (QED) is 0.793. The second kappa shape index (κ2) is 8.34. The van der Waals surface area contributed by atoms with Crippen molar-refractivity contribution in [3.05, 3.63) is 66.2 Å². The van der Waals surface area contributed by atoms with E-state index in [1.807, 2.05) is 12.1 Å². The molecule has 0 aliphatic heterocycles. The summed E-state index contributed by atoms with van der Waals surface area (Å²) < 4.78 is 5.24. The number of hydrogen-bond donors (Lipinski definition) is 2. The van der Waals surface area contributed by atoms with Gasteiger partial charge in [0, 0.05) is 17.2 Å². The molecule has 2 aromatic carbocycles. The third-order valence-corrected chi connectivity index (χ3v) is 4.41. The summed E-state index contributed by atoms with van der Waals surface area (Å²) in [5.41, 5.74) is 1.82. The standard InChI is InChI=1S/C21H22N2O3/c1-26-19-10-6-5-9-18(19)23-21(25)16-11-13-17(14-12-16)22-20(24)15-7-3-2-4-8-15/h2-3,5-6,9-15H,4,7-8H2,1H3,(H,22,24)(H,23,25). The molecule has 0 fully saturated rings. The number of methoxy groups -OCH3 is 1. The van der Waals surface area contributed by atoms with Crippen molar-refractivity contribution in [2.24, 2.45) is 5.92 Å². The van der Waals surface area contributed by atoms with Crippen molar-refractivity contribution in [2.75, 3.05) is 17.7 Å². The molecule has 2 aromatic rings. The Morgan fingerprint density at radius 2 is 1.77 bits per heavy atom. The second-order valence-electron chi connectivity index (χ2n) is 6.20. The lowest BCUT2D eigenvalue weighted by Crippen LogP contribution is -2.23. The fourth-order valence-electron chi connectivity index (χ4n) is 2.92. The Balaban J connectivity index is 1.62. The van der Waals surface area contributed by atoms with E-state index in [-0.39, 0.29) is 17.7 Å². The molecule has 1 aliphatic carbocycles. The van der Waals surface area contributed by atoms with Gasteiger partial charge in [0.2, 0.25) is 5.91 Å². The van der Waals surface area contributed by atoms with Crippen LogP contribution in [0.25, 0.3) is 0 Å². The van der Waals surface area contributed by atoms with Gasteiger partial charge in [0.05, 0.1) is 12.8 Å². The molecule has 0 saturated carbocycles. The largest absolute Gasteiger partial charge is 0.495 e. The molecule has 3 rings (SSSR count). The van der Waals surface area contributed by atoms with Crippen LogP contribution in [0.15, 0.2) is 60.7 Å². The van der Waals surface area contributed by atoms with E-state index >= 15 is 0 Å². The molecule has 134 valence electrons. The molecule has 0 radical (unpaired) electrons. The van der Waals surface area contributed by atoms with Crippen LogP contribution in [-0.4, -0.2) is 18.9 Å². The van der Waals surface area contributed by atoms with Crippen molar-refractivity contribution in [3.8, 4) is 5.75 Å². The minimum Gasteiger partial charge on any atom is -0.495 e. The van der Waals surface area contributed by atoms with Gasteiger partial charge in [-0.3, -0.25) is 9.59 Å². The first-order valence-electron chi connectivity index (χ1n) is 8.67. The van der Waals surface area contributed by atoms with Gasteiger partial charge in [-0.15, -0.1) is 0 Å². The van der Waals surface area contributed by atoms with Crippen molar-refractivity contribution < 1.29 is 14.3 Å². The number of benzene rings is 2. The zero-order valence-corrected chi connectivity index (χ0v) is 14.7. The molecule has 0 heterocycles. The number of rotatable bonds is 5.